The van der Waals surface area contributed by atoms with Crippen molar-refractivity contribution in [1.82, 2.24) is 9.80 Å². The van der Waals surface area contributed by atoms with E-state index in [1.165, 1.54) is 0 Å². The lowest BCUT2D eigenvalue weighted by atomic mass is 10.1. The summed E-state index contributed by atoms with van der Waals surface area (Å²) in [5.41, 5.74) is 4.11. The number of carbonyl (C=O) groups excluding carboxylic acids is 2. The first-order valence-electron chi connectivity index (χ1n) is 11.3. The van der Waals surface area contributed by atoms with Crippen LogP contribution in [0.15, 0.2) is 42.5 Å². The van der Waals surface area contributed by atoms with E-state index in [1.807, 2.05) is 44.2 Å². The largest absolute Gasteiger partial charge is 0.462 e. The predicted molar refractivity (Wildman–Crippen MR) is 136 cm³/mol. The molecule has 2 aromatic carbocycles. The van der Waals surface area contributed by atoms with Crippen molar-refractivity contribution in [3.8, 4) is 0 Å². The summed E-state index contributed by atoms with van der Waals surface area (Å²) in [6.45, 7) is 9.46. The lowest BCUT2D eigenvalue weighted by Gasteiger charge is -2.25. The Morgan fingerprint density at radius 1 is 0.970 bits per heavy atom. The topological polar surface area (TPSA) is 73.9 Å². The van der Waals surface area contributed by atoms with Gasteiger partial charge in [-0.15, -0.1) is 0 Å². The zero-order chi connectivity index (χ0) is 23.8. The van der Waals surface area contributed by atoms with Gasteiger partial charge < -0.3 is 20.3 Å². The second-order valence-electron chi connectivity index (χ2n) is 8.13. The second kappa shape index (κ2) is 11.8. The Balaban J connectivity index is 1.55. The molecule has 0 radical (unpaired) electrons. The Morgan fingerprint density at radius 2 is 1.70 bits per heavy atom. The van der Waals surface area contributed by atoms with Crippen LogP contribution in [-0.4, -0.2) is 66.1 Å². The highest BCUT2D eigenvalue weighted by molar-refractivity contribution is 7.80. The molecule has 1 saturated heterocycles. The average molecular weight is 469 g/mol. The first kappa shape index (κ1) is 24.7. The molecule has 1 fully saturated rings. The molecule has 0 aromatic heterocycles. The maximum Gasteiger partial charge on any atom is 0.340 e. The van der Waals surface area contributed by atoms with E-state index >= 15 is 0 Å². The molecule has 176 valence electrons. The van der Waals surface area contributed by atoms with Gasteiger partial charge in [-0.25, -0.2) is 4.79 Å². The number of anilines is 2. The van der Waals surface area contributed by atoms with Gasteiger partial charge in [0.25, 0.3) is 0 Å². The molecule has 0 bridgehead atoms. The summed E-state index contributed by atoms with van der Waals surface area (Å²) >= 11 is 5.63. The number of nitrogens with zero attached hydrogens (tertiary/aromatic N) is 2. The van der Waals surface area contributed by atoms with Crippen molar-refractivity contribution >= 4 is 40.6 Å². The van der Waals surface area contributed by atoms with Gasteiger partial charge in [-0.1, -0.05) is 30.3 Å². The summed E-state index contributed by atoms with van der Waals surface area (Å²) in [4.78, 5) is 29.1. The molecule has 33 heavy (non-hydrogen) atoms. The molecule has 0 aliphatic carbocycles. The summed E-state index contributed by atoms with van der Waals surface area (Å²) in [6, 6.07) is 13.2. The molecule has 1 aliphatic rings. The fraction of sp³-hybridized carbons (Fsp3) is 0.400. The minimum Gasteiger partial charge on any atom is -0.462 e. The van der Waals surface area contributed by atoms with Crippen LogP contribution < -0.4 is 10.6 Å². The van der Waals surface area contributed by atoms with Gasteiger partial charge in [-0.2, -0.15) is 0 Å². The van der Waals surface area contributed by atoms with Crippen LogP contribution >= 0.6 is 12.2 Å². The van der Waals surface area contributed by atoms with Gasteiger partial charge >= 0.3 is 5.97 Å². The van der Waals surface area contributed by atoms with Crippen LogP contribution in [0, 0.1) is 13.8 Å². The maximum atomic E-state index is 12.7. The van der Waals surface area contributed by atoms with Gasteiger partial charge in [-0.05, 0) is 62.7 Å². The number of esters is 1. The molecule has 2 aromatic rings. The van der Waals surface area contributed by atoms with Crippen LogP contribution in [0.3, 0.4) is 0 Å². The molecule has 0 spiro atoms. The Bertz CT molecular complexity index is 991. The smallest absolute Gasteiger partial charge is 0.340 e. The van der Waals surface area contributed by atoms with Crippen molar-refractivity contribution in [3.05, 3.63) is 59.2 Å². The summed E-state index contributed by atoms with van der Waals surface area (Å²) in [5, 5.41) is 6.83. The normalized spacial score (nSPS) is 14.3. The fourth-order valence-corrected chi connectivity index (χ4v) is 4.19. The van der Waals surface area contributed by atoms with E-state index in [0.29, 0.717) is 36.1 Å². The number of hydrogen-bond donors (Lipinski definition) is 2. The summed E-state index contributed by atoms with van der Waals surface area (Å²) < 4.78 is 5.14. The highest BCUT2D eigenvalue weighted by Gasteiger charge is 2.21. The van der Waals surface area contributed by atoms with E-state index in [-0.39, 0.29) is 11.9 Å². The molecule has 8 heteroatoms. The number of aryl methyl sites for hydroxylation is 2. The van der Waals surface area contributed by atoms with E-state index in [1.54, 1.807) is 19.1 Å². The van der Waals surface area contributed by atoms with E-state index in [4.69, 9.17) is 17.0 Å². The molecule has 1 amide bonds. The van der Waals surface area contributed by atoms with Crippen LogP contribution in [-0.2, 0) is 9.53 Å². The van der Waals surface area contributed by atoms with Gasteiger partial charge in [0.2, 0.25) is 5.91 Å². The SMILES string of the molecule is CCOC(=O)c1ccccc1NC(=S)N1CCCN(CC(=O)Nc2c(C)cccc2C)CC1. The zero-order valence-electron chi connectivity index (χ0n) is 19.5. The quantitative estimate of drug-likeness (QED) is 0.493. The van der Waals surface area contributed by atoms with Gasteiger partial charge in [0.05, 0.1) is 24.4 Å². The molecule has 2 N–H and O–H groups in total. The van der Waals surface area contributed by atoms with E-state index in [0.717, 1.165) is 42.9 Å². The molecule has 0 saturated carbocycles. The lowest BCUT2D eigenvalue weighted by molar-refractivity contribution is -0.117. The number of ether oxygens (including phenoxy) is 1. The first-order valence-corrected chi connectivity index (χ1v) is 11.7. The minimum absolute atomic E-state index is 0.00934. The van der Waals surface area contributed by atoms with E-state index < -0.39 is 0 Å². The molecule has 0 atom stereocenters. The molecular formula is C25H32N4O3S. The predicted octanol–water partition coefficient (Wildman–Crippen LogP) is 3.82. The monoisotopic (exact) mass is 468 g/mol. The highest BCUT2D eigenvalue weighted by atomic mass is 32.1. The van der Waals surface area contributed by atoms with Crippen molar-refractivity contribution in [3.63, 3.8) is 0 Å². The van der Waals surface area contributed by atoms with Gasteiger partial charge in [-0.3, -0.25) is 9.69 Å². The number of thiocarbonyl (C=S) groups is 1. The molecular weight excluding hydrogens is 436 g/mol. The second-order valence-corrected chi connectivity index (χ2v) is 8.51. The Morgan fingerprint density at radius 3 is 2.42 bits per heavy atom. The molecule has 1 heterocycles. The van der Waals surface area contributed by atoms with Gasteiger partial charge in [0.1, 0.15) is 0 Å². The van der Waals surface area contributed by atoms with Gasteiger partial charge in [0.15, 0.2) is 5.11 Å². The molecule has 1 aliphatic heterocycles. The summed E-state index contributed by atoms with van der Waals surface area (Å²) in [5.74, 6) is -0.384. The standard InChI is InChI=1S/C25H32N4O3S/c1-4-32-24(31)20-11-5-6-12-21(20)26-25(33)29-14-8-13-28(15-16-29)17-22(30)27-23-18(2)9-7-10-19(23)3/h5-7,9-12H,4,8,13-17H2,1-3H3,(H,26,33)(H,27,30). The van der Waals surface area contributed by atoms with Gasteiger partial charge in [0, 0.05) is 31.9 Å². The number of amides is 1. The maximum absolute atomic E-state index is 12.7. The number of benzene rings is 2. The fourth-order valence-electron chi connectivity index (χ4n) is 3.90. The van der Waals surface area contributed by atoms with Crippen molar-refractivity contribution in [2.24, 2.45) is 0 Å². The Hall–Kier alpha value is -2.97. The molecule has 0 unspecified atom stereocenters. The van der Waals surface area contributed by atoms with Crippen molar-refractivity contribution in [2.45, 2.75) is 27.2 Å². The zero-order valence-corrected chi connectivity index (χ0v) is 20.3. The third kappa shape index (κ3) is 6.76. The Labute approximate surface area is 201 Å². The number of carbonyl (C=O) groups is 2. The number of para-hydroxylation sites is 2. The summed E-state index contributed by atoms with van der Waals surface area (Å²) in [7, 11) is 0. The number of nitrogens with one attached hydrogen (secondary N) is 2. The van der Waals surface area contributed by atoms with Crippen molar-refractivity contribution in [1.29, 1.82) is 0 Å². The third-order valence-electron chi connectivity index (χ3n) is 5.65. The number of rotatable bonds is 6. The summed E-state index contributed by atoms with van der Waals surface area (Å²) in [6.07, 6.45) is 0.887. The van der Waals surface area contributed by atoms with Crippen LogP contribution in [0.25, 0.3) is 0 Å². The lowest BCUT2D eigenvalue weighted by Crippen LogP contribution is -2.39. The molecule has 7 nitrogen and oxygen atoms in total. The van der Waals surface area contributed by atoms with Crippen LogP contribution in [0.1, 0.15) is 34.8 Å². The minimum atomic E-state index is -0.375. The van der Waals surface area contributed by atoms with Crippen LogP contribution in [0.2, 0.25) is 0 Å². The van der Waals surface area contributed by atoms with Crippen LogP contribution in [0.4, 0.5) is 11.4 Å². The third-order valence-corrected chi connectivity index (χ3v) is 6.01. The van der Waals surface area contributed by atoms with Crippen molar-refractivity contribution in [2.75, 3.05) is 50.0 Å². The van der Waals surface area contributed by atoms with E-state index in [9.17, 15) is 9.59 Å². The molecule has 3 rings (SSSR count). The number of hydrogen-bond acceptors (Lipinski definition) is 5. The van der Waals surface area contributed by atoms with Crippen molar-refractivity contribution < 1.29 is 14.3 Å². The Kier molecular flexibility index (Phi) is 8.79. The van der Waals surface area contributed by atoms with Crippen LogP contribution in [0.5, 0.6) is 0 Å². The first-order chi connectivity index (χ1) is 15.9. The highest BCUT2D eigenvalue weighted by Crippen LogP contribution is 2.20. The average Bonchev–Trinajstić information content (AvgIpc) is 3.02. The van der Waals surface area contributed by atoms with E-state index in [2.05, 4.69) is 20.4 Å².